The summed E-state index contributed by atoms with van der Waals surface area (Å²) in [5.74, 6) is 0.169. The summed E-state index contributed by atoms with van der Waals surface area (Å²) in [6.45, 7) is 4.32. The summed E-state index contributed by atoms with van der Waals surface area (Å²) in [5.41, 5.74) is 5.96. The first-order valence-corrected chi connectivity index (χ1v) is 9.34. The number of pyridine rings is 1. The van der Waals surface area contributed by atoms with E-state index in [2.05, 4.69) is 15.4 Å². The number of halogens is 3. The Kier molecular flexibility index (Phi) is 5.74. The van der Waals surface area contributed by atoms with Gasteiger partial charge in [0.2, 0.25) is 0 Å². The van der Waals surface area contributed by atoms with Crippen LogP contribution in [-0.4, -0.2) is 33.3 Å². The van der Waals surface area contributed by atoms with Crippen molar-refractivity contribution in [3.63, 3.8) is 0 Å². The van der Waals surface area contributed by atoms with Crippen molar-refractivity contribution in [1.29, 1.82) is 0 Å². The van der Waals surface area contributed by atoms with E-state index in [4.69, 9.17) is 5.73 Å². The molecule has 0 spiro atoms. The minimum Gasteiger partial charge on any atom is -0.349 e. The van der Waals surface area contributed by atoms with E-state index in [0.717, 1.165) is 31.5 Å². The Balaban J connectivity index is 1.88. The zero-order valence-corrected chi connectivity index (χ0v) is 15.8. The van der Waals surface area contributed by atoms with Gasteiger partial charge in [-0.3, -0.25) is 4.79 Å². The Bertz CT molecular complexity index is 829. The molecule has 0 radical (unpaired) electrons. The molecular formula is C19H24F3N5O. The summed E-state index contributed by atoms with van der Waals surface area (Å²) in [4.78, 5) is 16.7. The fourth-order valence-corrected chi connectivity index (χ4v) is 3.71. The Labute approximate surface area is 161 Å². The first-order valence-electron chi connectivity index (χ1n) is 9.34. The molecule has 3 rings (SSSR count). The molecule has 1 aliphatic rings. The molecule has 1 amide bonds. The molecule has 28 heavy (non-hydrogen) atoms. The molecule has 9 heteroatoms. The molecule has 0 aromatic carbocycles. The molecule has 1 saturated carbocycles. The van der Waals surface area contributed by atoms with E-state index in [-0.39, 0.29) is 29.6 Å². The maximum Gasteiger partial charge on any atom is 0.417 e. The number of rotatable bonds is 5. The predicted octanol–water partition coefficient (Wildman–Crippen LogP) is 3.27. The van der Waals surface area contributed by atoms with Gasteiger partial charge < -0.3 is 11.1 Å². The summed E-state index contributed by atoms with van der Waals surface area (Å²) in [6.07, 6.45) is 0.662. The molecule has 2 aromatic rings. The van der Waals surface area contributed by atoms with Gasteiger partial charge in [-0.1, -0.05) is 20.3 Å². The fourth-order valence-electron chi connectivity index (χ4n) is 3.71. The Morgan fingerprint density at radius 1 is 1.32 bits per heavy atom. The van der Waals surface area contributed by atoms with Gasteiger partial charge in [0.05, 0.1) is 23.0 Å². The molecule has 0 bridgehead atoms. The quantitative estimate of drug-likeness (QED) is 0.814. The third kappa shape index (κ3) is 4.04. The lowest BCUT2D eigenvalue weighted by Crippen LogP contribution is -2.40. The lowest BCUT2D eigenvalue weighted by Gasteiger charge is -2.20. The average molecular weight is 395 g/mol. The molecule has 2 unspecified atom stereocenters. The van der Waals surface area contributed by atoms with Crippen LogP contribution in [0, 0.1) is 5.92 Å². The van der Waals surface area contributed by atoms with Crippen molar-refractivity contribution < 1.29 is 18.0 Å². The molecule has 1 aliphatic carbocycles. The van der Waals surface area contributed by atoms with Crippen LogP contribution in [0.2, 0.25) is 0 Å². The number of carbonyl (C=O) groups excluding carboxylic acids is 1. The van der Waals surface area contributed by atoms with Crippen LogP contribution in [-0.2, 0) is 6.18 Å². The first-order chi connectivity index (χ1) is 13.2. The number of nitrogens with two attached hydrogens (primary N) is 1. The number of carbonyl (C=O) groups is 1. The normalized spacial score (nSPS) is 20.0. The van der Waals surface area contributed by atoms with E-state index in [1.807, 2.05) is 13.8 Å². The highest BCUT2D eigenvalue weighted by Crippen LogP contribution is 2.30. The van der Waals surface area contributed by atoms with Gasteiger partial charge in [-0.2, -0.15) is 18.3 Å². The molecule has 2 atom stereocenters. The second kappa shape index (κ2) is 7.90. The van der Waals surface area contributed by atoms with Crippen molar-refractivity contribution >= 4 is 5.91 Å². The fraction of sp³-hybridized carbons (Fsp3) is 0.526. The van der Waals surface area contributed by atoms with Gasteiger partial charge in [0.25, 0.3) is 5.91 Å². The first kappa shape index (κ1) is 20.3. The molecule has 2 aromatic heterocycles. The predicted molar refractivity (Wildman–Crippen MR) is 98.1 cm³/mol. The standard InChI is InChI=1S/C19H24F3N5O/c1-11(2)17-14(18(28)26-15-5-3-4-12(15)8-23)10-25-27(17)16-7-6-13(9-24-16)19(20,21)22/h6-7,9-12,15H,3-5,8,23H2,1-2H3,(H,26,28). The monoisotopic (exact) mass is 395 g/mol. The lowest BCUT2D eigenvalue weighted by atomic mass is 10.0. The van der Waals surface area contributed by atoms with Crippen molar-refractivity contribution in [2.75, 3.05) is 6.54 Å². The van der Waals surface area contributed by atoms with Crippen molar-refractivity contribution in [2.24, 2.45) is 11.7 Å². The van der Waals surface area contributed by atoms with Crippen LogP contribution >= 0.6 is 0 Å². The summed E-state index contributed by atoms with van der Waals surface area (Å²) >= 11 is 0. The Morgan fingerprint density at radius 2 is 2.07 bits per heavy atom. The van der Waals surface area contributed by atoms with Gasteiger partial charge in [-0.15, -0.1) is 0 Å². The van der Waals surface area contributed by atoms with Crippen LogP contribution in [0.5, 0.6) is 0 Å². The molecule has 6 nitrogen and oxygen atoms in total. The van der Waals surface area contributed by atoms with Crippen LogP contribution in [0.25, 0.3) is 5.82 Å². The number of amides is 1. The van der Waals surface area contributed by atoms with Crippen LogP contribution < -0.4 is 11.1 Å². The third-order valence-electron chi connectivity index (χ3n) is 5.17. The average Bonchev–Trinajstić information content (AvgIpc) is 3.27. The minimum atomic E-state index is -4.46. The minimum absolute atomic E-state index is 0.0325. The summed E-state index contributed by atoms with van der Waals surface area (Å²) < 4.78 is 39.7. The number of nitrogens with zero attached hydrogens (tertiary/aromatic N) is 3. The van der Waals surface area contributed by atoms with Gasteiger partial charge in [0.15, 0.2) is 5.82 Å². The van der Waals surface area contributed by atoms with Gasteiger partial charge in [-0.05, 0) is 43.4 Å². The third-order valence-corrected chi connectivity index (χ3v) is 5.17. The molecule has 0 saturated heterocycles. The second-order valence-corrected chi connectivity index (χ2v) is 7.42. The molecule has 3 N–H and O–H groups in total. The largest absolute Gasteiger partial charge is 0.417 e. The number of hydrogen-bond acceptors (Lipinski definition) is 4. The smallest absolute Gasteiger partial charge is 0.349 e. The van der Waals surface area contributed by atoms with E-state index >= 15 is 0 Å². The number of nitrogens with one attached hydrogen (secondary N) is 1. The van der Waals surface area contributed by atoms with E-state index in [0.29, 0.717) is 17.8 Å². The molecule has 152 valence electrons. The second-order valence-electron chi connectivity index (χ2n) is 7.42. The number of aromatic nitrogens is 3. The number of alkyl halides is 3. The summed E-state index contributed by atoms with van der Waals surface area (Å²) in [7, 11) is 0. The van der Waals surface area contributed by atoms with Gasteiger partial charge in [0.1, 0.15) is 0 Å². The van der Waals surface area contributed by atoms with Gasteiger partial charge >= 0.3 is 6.18 Å². The van der Waals surface area contributed by atoms with Crippen molar-refractivity contribution in [3.8, 4) is 5.82 Å². The van der Waals surface area contributed by atoms with Crippen LogP contribution in [0.1, 0.15) is 60.6 Å². The maximum absolute atomic E-state index is 12.8. The van der Waals surface area contributed by atoms with E-state index in [9.17, 15) is 18.0 Å². The SMILES string of the molecule is CC(C)c1c(C(=O)NC2CCCC2CN)cnn1-c1ccc(C(F)(F)F)cn1. The lowest BCUT2D eigenvalue weighted by molar-refractivity contribution is -0.137. The van der Waals surface area contributed by atoms with Crippen LogP contribution in [0.15, 0.2) is 24.5 Å². The zero-order valence-electron chi connectivity index (χ0n) is 15.8. The summed E-state index contributed by atoms with van der Waals surface area (Å²) in [5, 5.41) is 7.27. The number of hydrogen-bond donors (Lipinski definition) is 2. The van der Waals surface area contributed by atoms with E-state index in [1.54, 1.807) is 0 Å². The highest BCUT2D eigenvalue weighted by atomic mass is 19.4. The zero-order chi connectivity index (χ0) is 20.5. The molecule has 2 heterocycles. The summed E-state index contributed by atoms with van der Waals surface area (Å²) in [6, 6.07) is 2.24. The maximum atomic E-state index is 12.8. The molecule has 0 aliphatic heterocycles. The van der Waals surface area contributed by atoms with Gasteiger partial charge in [0, 0.05) is 12.2 Å². The van der Waals surface area contributed by atoms with E-state index < -0.39 is 11.7 Å². The Hall–Kier alpha value is -2.42. The van der Waals surface area contributed by atoms with E-state index in [1.165, 1.54) is 16.9 Å². The van der Waals surface area contributed by atoms with Crippen LogP contribution in [0.4, 0.5) is 13.2 Å². The molecule has 1 fully saturated rings. The molecular weight excluding hydrogens is 371 g/mol. The van der Waals surface area contributed by atoms with Crippen molar-refractivity contribution in [1.82, 2.24) is 20.1 Å². The topological polar surface area (TPSA) is 85.8 Å². The highest BCUT2D eigenvalue weighted by molar-refractivity contribution is 5.95. The van der Waals surface area contributed by atoms with Gasteiger partial charge in [-0.25, -0.2) is 9.67 Å². The highest BCUT2D eigenvalue weighted by Gasteiger charge is 2.32. The van der Waals surface area contributed by atoms with Crippen molar-refractivity contribution in [2.45, 2.75) is 51.2 Å². The Morgan fingerprint density at radius 3 is 2.64 bits per heavy atom. The van der Waals surface area contributed by atoms with Crippen LogP contribution in [0.3, 0.4) is 0 Å². The van der Waals surface area contributed by atoms with Crippen molar-refractivity contribution in [3.05, 3.63) is 41.3 Å².